The zero-order valence-corrected chi connectivity index (χ0v) is 19.0. The van der Waals surface area contributed by atoms with Crippen molar-refractivity contribution in [3.8, 4) is 0 Å². The Kier molecular flexibility index (Phi) is 6.99. The maximum Gasteiger partial charge on any atom is 0.410 e. The summed E-state index contributed by atoms with van der Waals surface area (Å²) in [6, 6.07) is 1.81. The average molecular weight is 432 g/mol. The van der Waals surface area contributed by atoms with Gasteiger partial charge in [0.2, 0.25) is 0 Å². The maximum atomic E-state index is 12.2. The standard InChI is InChI=1S/C21H33N7O3/c1-15(2)28-18-16(13-24-28)12-17(14-23-18)25-19(29)22-6-7-26-8-10-27(11-9-26)20(30)31-21(3,4)5/h12-15H,6-11H2,1-5H3,(H2,22,25,29). The molecule has 3 heterocycles. The number of piperazine rings is 1. The van der Waals surface area contributed by atoms with Crippen molar-refractivity contribution >= 4 is 28.8 Å². The van der Waals surface area contributed by atoms with Crippen molar-refractivity contribution < 1.29 is 14.3 Å². The first-order valence-corrected chi connectivity index (χ1v) is 10.7. The van der Waals surface area contributed by atoms with E-state index in [-0.39, 0.29) is 18.2 Å². The van der Waals surface area contributed by atoms with Crippen molar-refractivity contribution in [2.24, 2.45) is 0 Å². The first-order valence-electron chi connectivity index (χ1n) is 10.7. The Hall–Kier alpha value is -2.88. The van der Waals surface area contributed by atoms with Gasteiger partial charge in [-0.2, -0.15) is 5.10 Å². The number of urea groups is 1. The van der Waals surface area contributed by atoms with Crippen molar-refractivity contribution in [3.63, 3.8) is 0 Å². The molecule has 10 nitrogen and oxygen atoms in total. The molecule has 1 aliphatic heterocycles. The Morgan fingerprint density at radius 1 is 1.16 bits per heavy atom. The zero-order chi connectivity index (χ0) is 22.6. The quantitative estimate of drug-likeness (QED) is 0.754. The molecular formula is C21H33N7O3. The highest BCUT2D eigenvalue weighted by Crippen LogP contribution is 2.19. The van der Waals surface area contributed by atoms with Gasteiger partial charge in [-0.25, -0.2) is 19.3 Å². The summed E-state index contributed by atoms with van der Waals surface area (Å²) in [5.74, 6) is 0. The van der Waals surface area contributed by atoms with Gasteiger partial charge in [-0.1, -0.05) is 0 Å². The van der Waals surface area contributed by atoms with Gasteiger partial charge in [0.25, 0.3) is 0 Å². The highest BCUT2D eigenvalue weighted by Gasteiger charge is 2.25. The minimum absolute atomic E-state index is 0.220. The highest BCUT2D eigenvalue weighted by molar-refractivity contribution is 5.91. The minimum atomic E-state index is -0.486. The lowest BCUT2D eigenvalue weighted by molar-refractivity contribution is 0.0147. The van der Waals surface area contributed by atoms with Crippen molar-refractivity contribution in [2.45, 2.75) is 46.3 Å². The van der Waals surface area contributed by atoms with E-state index in [1.165, 1.54) is 0 Å². The fraction of sp³-hybridized carbons (Fsp3) is 0.619. The number of hydrogen-bond donors (Lipinski definition) is 2. The summed E-state index contributed by atoms with van der Waals surface area (Å²) in [6.07, 6.45) is 3.12. The maximum absolute atomic E-state index is 12.2. The summed E-state index contributed by atoms with van der Waals surface area (Å²) in [5.41, 5.74) is 0.936. The fourth-order valence-corrected chi connectivity index (χ4v) is 3.37. The van der Waals surface area contributed by atoms with Gasteiger partial charge in [-0.15, -0.1) is 0 Å². The van der Waals surface area contributed by atoms with E-state index in [9.17, 15) is 9.59 Å². The van der Waals surface area contributed by atoms with Crippen LogP contribution in [0.1, 0.15) is 40.7 Å². The molecule has 0 aliphatic carbocycles. The van der Waals surface area contributed by atoms with Crippen LogP contribution in [-0.2, 0) is 4.74 Å². The molecule has 31 heavy (non-hydrogen) atoms. The number of carbonyl (C=O) groups excluding carboxylic acids is 2. The number of amides is 3. The first kappa shape index (κ1) is 22.8. The number of nitrogens with one attached hydrogen (secondary N) is 2. The van der Waals surface area contributed by atoms with Crippen LogP contribution in [0.15, 0.2) is 18.5 Å². The predicted octanol–water partition coefficient (Wildman–Crippen LogP) is 2.69. The van der Waals surface area contributed by atoms with Gasteiger partial charge in [0.1, 0.15) is 5.60 Å². The van der Waals surface area contributed by atoms with Gasteiger partial charge in [0.05, 0.1) is 18.1 Å². The Bertz CT molecular complexity index is 911. The van der Waals surface area contributed by atoms with Gasteiger partial charge in [0, 0.05) is 50.7 Å². The van der Waals surface area contributed by atoms with Gasteiger partial charge in [0.15, 0.2) is 5.65 Å². The Morgan fingerprint density at radius 2 is 1.87 bits per heavy atom. The molecule has 0 atom stereocenters. The molecule has 3 rings (SSSR count). The highest BCUT2D eigenvalue weighted by atomic mass is 16.6. The lowest BCUT2D eigenvalue weighted by atomic mass is 10.2. The molecule has 0 aromatic carbocycles. The van der Waals surface area contributed by atoms with Crippen LogP contribution in [0.25, 0.3) is 11.0 Å². The van der Waals surface area contributed by atoms with Gasteiger partial charge < -0.3 is 20.3 Å². The Balaban J connectivity index is 1.39. The van der Waals surface area contributed by atoms with Crippen LogP contribution >= 0.6 is 0 Å². The van der Waals surface area contributed by atoms with Crippen LogP contribution < -0.4 is 10.6 Å². The van der Waals surface area contributed by atoms with Crippen LogP contribution in [-0.4, -0.2) is 81.6 Å². The third-order valence-electron chi connectivity index (χ3n) is 4.92. The van der Waals surface area contributed by atoms with Crippen molar-refractivity contribution in [1.29, 1.82) is 0 Å². The second-order valence-electron chi connectivity index (χ2n) is 9.01. The number of nitrogens with zero attached hydrogens (tertiary/aromatic N) is 5. The molecule has 3 amide bonds. The number of ether oxygens (including phenoxy) is 1. The zero-order valence-electron chi connectivity index (χ0n) is 19.0. The summed E-state index contributed by atoms with van der Waals surface area (Å²) >= 11 is 0. The van der Waals surface area contributed by atoms with E-state index in [1.54, 1.807) is 17.3 Å². The second-order valence-corrected chi connectivity index (χ2v) is 9.01. The van der Waals surface area contributed by atoms with Crippen LogP contribution in [0.5, 0.6) is 0 Å². The van der Waals surface area contributed by atoms with E-state index in [0.29, 0.717) is 31.9 Å². The Morgan fingerprint density at radius 3 is 2.52 bits per heavy atom. The van der Waals surface area contributed by atoms with E-state index >= 15 is 0 Å². The van der Waals surface area contributed by atoms with E-state index < -0.39 is 5.60 Å². The number of hydrogen-bond acceptors (Lipinski definition) is 6. The molecule has 2 N–H and O–H groups in total. The second kappa shape index (κ2) is 9.51. The van der Waals surface area contributed by atoms with Gasteiger partial charge >= 0.3 is 12.1 Å². The molecule has 0 radical (unpaired) electrons. The van der Waals surface area contributed by atoms with Crippen LogP contribution in [0.4, 0.5) is 15.3 Å². The van der Waals surface area contributed by atoms with E-state index in [4.69, 9.17) is 4.74 Å². The summed E-state index contributed by atoms with van der Waals surface area (Å²) in [5, 5.41) is 10.9. The molecule has 1 aliphatic rings. The number of pyridine rings is 1. The molecule has 10 heteroatoms. The van der Waals surface area contributed by atoms with E-state index in [2.05, 4.69) is 25.6 Å². The first-order chi connectivity index (χ1) is 14.6. The summed E-state index contributed by atoms with van der Waals surface area (Å²) in [6.45, 7) is 13.7. The molecule has 2 aromatic heterocycles. The van der Waals surface area contributed by atoms with Gasteiger partial charge in [-0.3, -0.25) is 4.90 Å². The smallest absolute Gasteiger partial charge is 0.410 e. The lowest BCUT2D eigenvalue weighted by Gasteiger charge is -2.35. The van der Waals surface area contributed by atoms with Gasteiger partial charge in [-0.05, 0) is 40.7 Å². The van der Waals surface area contributed by atoms with Crippen molar-refractivity contribution in [1.82, 2.24) is 29.9 Å². The number of carbonyl (C=O) groups is 2. The van der Waals surface area contributed by atoms with Crippen molar-refractivity contribution in [3.05, 3.63) is 18.5 Å². The fourth-order valence-electron chi connectivity index (χ4n) is 3.37. The SMILES string of the molecule is CC(C)n1ncc2cc(NC(=O)NCCN3CCN(C(=O)OC(C)(C)C)CC3)cnc21. The van der Waals surface area contributed by atoms with Crippen LogP contribution in [0, 0.1) is 0 Å². The predicted molar refractivity (Wildman–Crippen MR) is 119 cm³/mol. The topological polar surface area (TPSA) is 105 Å². The largest absolute Gasteiger partial charge is 0.444 e. The summed E-state index contributed by atoms with van der Waals surface area (Å²) in [7, 11) is 0. The number of anilines is 1. The third kappa shape index (κ3) is 6.30. The van der Waals surface area contributed by atoms with Crippen molar-refractivity contribution in [2.75, 3.05) is 44.6 Å². The molecule has 2 aromatic rings. The summed E-state index contributed by atoms with van der Waals surface area (Å²) < 4.78 is 7.26. The molecule has 0 unspecified atom stereocenters. The molecule has 1 saturated heterocycles. The minimum Gasteiger partial charge on any atom is -0.444 e. The average Bonchev–Trinajstić information content (AvgIpc) is 3.10. The Labute approximate surface area is 182 Å². The molecule has 170 valence electrons. The monoisotopic (exact) mass is 431 g/mol. The summed E-state index contributed by atoms with van der Waals surface area (Å²) in [4.78, 5) is 32.7. The van der Waals surface area contributed by atoms with E-state index in [0.717, 1.165) is 24.1 Å². The van der Waals surface area contributed by atoms with Crippen LogP contribution in [0.3, 0.4) is 0 Å². The lowest BCUT2D eigenvalue weighted by Crippen LogP contribution is -2.51. The molecule has 0 spiro atoms. The molecule has 0 saturated carbocycles. The number of aromatic nitrogens is 3. The molecule has 1 fully saturated rings. The third-order valence-corrected chi connectivity index (χ3v) is 4.92. The van der Waals surface area contributed by atoms with E-state index in [1.807, 2.05) is 45.4 Å². The molecular weight excluding hydrogens is 398 g/mol. The number of rotatable bonds is 5. The normalized spacial score (nSPS) is 15.4. The molecule has 0 bridgehead atoms. The number of fused-ring (bicyclic) bond motifs is 1. The van der Waals surface area contributed by atoms with Crippen LogP contribution in [0.2, 0.25) is 0 Å².